The largest absolute Gasteiger partial charge is 0.464 e. The third-order valence-corrected chi connectivity index (χ3v) is 3.34. The molecule has 100 valence electrons. The molecule has 5 nitrogen and oxygen atoms in total. The van der Waals surface area contributed by atoms with E-state index in [1.54, 1.807) is 23.5 Å². The zero-order chi connectivity index (χ0) is 13.7. The number of methoxy groups -OCH3 is 1. The highest BCUT2D eigenvalue weighted by molar-refractivity contribution is 7.07. The van der Waals surface area contributed by atoms with Crippen LogP contribution in [0.2, 0.25) is 0 Å². The second-order valence-electron chi connectivity index (χ2n) is 3.93. The molecule has 0 saturated heterocycles. The summed E-state index contributed by atoms with van der Waals surface area (Å²) in [6, 6.07) is 5.27. The monoisotopic (exact) mass is 277 g/mol. The van der Waals surface area contributed by atoms with Gasteiger partial charge in [0.2, 0.25) is 0 Å². The van der Waals surface area contributed by atoms with Crippen LogP contribution in [0.15, 0.2) is 29.0 Å². The van der Waals surface area contributed by atoms with Gasteiger partial charge in [0, 0.05) is 6.54 Å². The number of ether oxygens (including phenoxy) is 1. The van der Waals surface area contributed by atoms with Gasteiger partial charge in [-0.05, 0) is 40.9 Å². The summed E-state index contributed by atoms with van der Waals surface area (Å²) in [6.07, 6.45) is 0.882. The van der Waals surface area contributed by atoms with Crippen molar-refractivity contribution in [3.05, 3.63) is 40.2 Å². The van der Waals surface area contributed by atoms with Gasteiger partial charge in [0.05, 0.1) is 12.8 Å². The Balaban J connectivity index is 2.00. The van der Waals surface area contributed by atoms with Crippen LogP contribution in [0.3, 0.4) is 0 Å². The lowest BCUT2D eigenvalue weighted by Crippen LogP contribution is -2.11. The summed E-state index contributed by atoms with van der Waals surface area (Å²) in [6.45, 7) is 0.707. The van der Waals surface area contributed by atoms with Gasteiger partial charge >= 0.3 is 5.97 Å². The Morgan fingerprint density at radius 3 is 3.00 bits per heavy atom. The van der Waals surface area contributed by atoms with Gasteiger partial charge in [0.25, 0.3) is 0 Å². The molecule has 0 unspecified atom stereocenters. The number of thiophene rings is 1. The first-order valence-electron chi connectivity index (χ1n) is 5.80. The highest BCUT2D eigenvalue weighted by Gasteiger charge is 2.10. The normalized spacial score (nSPS) is 10.2. The van der Waals surface area contributed by atoms with Crippen LogP contribution < -0.4 is 11.1 Å². The Hall–Kier alpha value is -2.08. The minimum absolute atomic E-state index is 0.245. The first-order chi connectivity index (χ1) is 9.20. The van der Waals surface area contributed by atoms with Gasteiger partial charge in [-0.2, -0.15) is 11.3 Å². The number of carbonyl (C=O) groups is 1. The molecule has 6 heteroatoms. The van der Waals surface area contributed by atoms with Gasteiger partial charge in [0.15, 0.2) is 5.69 Å². The lowest BCUT2D eigenvalue weighted by Gasteiger charge is -2.09. The second kappa shape index (κ2) is 6.19. The van der Waals surface area contributed by atoms with Crippen molar-refractivity contribution in [3.8, 4) is 0 Å². The number of pyridine rings is 1. The highest BCUT2D eigenvalue weighted by atomic mass is 32.1. The maximum absolute atomic E-state index is 11.4. The van der Waals surface area contributed by atoms with Crippen molar-refractivity contribution < 1.29 is 9.53 Å². The van der Waals surface area contributed by atoms with Crippen LogP contribution in [0, 0.1) is 0 Å². The molecule has 0 spiro atoms. The van der Waals surface area contributed by atoms with Crippen molar-refractivity contribution in [3.63, 3.8) is 0 Å². The number of nitrogens with two attached hydrogens (primary N) is 1. The van der Waals surface area contributed by atoms with Gasteiger partial charge in [-0.25, -0.2) is 9.78 Å². The molecule has 3 N–H and O–H groups in total. The summed E-state index contributed by atoms with van der Waals surface area (Å²) in [5.41, 5.74) is 7.84. The van der Waals surface area contributed by atoms with E-state index in [0.717, 1.165) is 6.42 Å². The van der Waals surface area contributed by atoms with Crippen molar-refractivity contribution >= 4 is 28.8 Å². The lowest BCUT2D eigenvalue weighted by molar-refractivity contribution is 0.0594. The van der Waals surface area contributed by atoms with Crippen molar-refractivity contribution in [2.75, 3.05) is 24.7 Å². The molecule has 0 aromatic carbocycles. The Morgan fingerprint density at radius 1 is 1.47 bits per heavy atom. The summed E-state index contributed by atoms with van der Waals surface area (Å²) in [5.74, 6) is 0.0408. The molecule has 0 radical (unpaired) electrons. The van der Waals surface area contributed by atoms with Gasteiger partial charge in [-0.15, -0.1) is 0 Å². The standard InChI is InChI=1S/C13H15N3O2S/c1-18-13(17)11-3-2-10(14)12(16-11)15-6-4-9-5-7-19-8-9/h2-3,5,7-8H,4,6,14H2,1H3,(H,15,16). The van der Waals surface area contributed by atoms with Crippen molar-refractivity contribution in [2.45, 2.75) is 6.42 Å². The number of nitrogens with zero attached hydrogens (tertiary/aromatic N) is 1. The van der Waals surface area contributed by atoms with E-state index in [4.69, 9.17) is 5.73 Å². The van der Waals surface area contributed by atoms with E-state index >= 15 is 0 Å². The van der Waals surface area contributed by atoms with Crippen molar-refractivity contribution in [2.24, 2.45) is 0 Å². The smallest absolute Gasteiger partial charge is 0.356 e. The molecule has 2 aromatic heterocycles. The van der Waals surface area contributed by atoms with Crippen LogP contribution in [0.5, 0.6) is 0 Å². The number of carbonyl (C=O) groups excluding carboxylic acids is 1. The third kappa shape index (κ3) is 3.45. The summed E-state index contributed by atoms with van der Waals surface area (Å²) in [7, 11) is 1.32. The minimum Gasteiger partial charge on any atom is -0.464 e. The molecule has 0 aliphatic rings. The van der Waals surface area contributed by atoms with Crippen molar-refractivity contribution in [1.82, 2.24) is 4.98 Å². The molecule has 0 atom stereocenters. The number of anilines is 2. The number of hydrogen-bond acceptors (Lipinski definition) is 6. The average Bonchev–Trinajstić information content (AvgIpc) is 2.93. The van der Waals surface area contributed by atoms with E-state index in [0.29, 0.717) is 18.1 Å². The van der Waals surface area contributed by atoms with E-state index < -0.39 is 5.97 Å². The van der Waals surface area contributed by atoms with E-state index in [1.165, 1.54) is 12.7 Å². The number of nitrogen functional groups attached to an aromatic ring is 1. The zero-order valence-electron chi connectivity index (χ0n) is 10.6. The first-order valence-corrected chi connectivity index (χ1v) is 6.75. The predicted molar refractivity (Wildman–Crippen MR) is 76.5 cm³/mol. The lowest BCUT2D eigenvalue weighted by atomic mass is 10.2. The number of nitrogens with one attached hydrogen (secondary N) is 1. The van der Waals surface area contributed by atoms with Crippen molar-refractivity contribution in [1.29, 1.82) is 0 Å². The fraction of sp³-hybridized carbons (Fsp3) is 0.231. The van der Waals surface area contributed by atoms with E-state index in [9.17, 15) is 4.79 Å². The molecule has 0 aliphatic carbocycles. The molecule has 0 saturated carbocycles. The molecule has 0 bridgehead atoms. The molecule has 0 amide bonds. The summed E-state index contributed by atoms with van der Waals surface area (Å²) < 4.78 is 4.63. The van der Waals surface area contributed by atoms with Crippen LogP contribution in [0.1, 0.15) is 16.1 Å². The Labute approximate surface area is 115 Å². The molecular weight excluding hydrogens is 262 g/mol. The molecule has 2 aromatic rings. The van der Waals surface area contributed by atoms with E-state index in [2.05, 4.69) is 26.5 Å². The number of esters is 1. The van der Waals surface area contributed by atoms with Crippen LogP contribution in [0.25, 0.3) is 0 Å². The SMILES string of the molecule is COC(=O)c1ccc(N)c(NCCc2ccsc2)n1. The Kier molecular flexibility index (Phi) is 4.35. The molecule has 2 rings (SSSR count). The number of hydrogen-bond donors (Lipinski definition) is 2. The molecular formula is C13H15N3O2S. The highest BCUT2D eigenvalue weighted by Crippen LogP contribution is 2.16. The predicted octanol–water partition coefficient (Wildman–Crippen LogP) is 2.17. The van der Waals surface area contributed by atoms with Gasteiger partial charge in [-0.3, -0.25) is 0 Å². The molecule has 0 aliphatic heterocycles. The van der Waals surface area contributed by atoms with Gasteiger partial charge in [0.1, 0.15) is 5.82 Å². The van der Waals surface area contributed by atoms with Crippen LogP contribution in [-0.2, 0) is 11.2 Å². The van der Waals surface area contributed by atoms with Gasteiger partial charge < -0.3 is 15.8 Å². The molecule has 19 heavy (non-hydrogen) atoms. The van der Waals surface area contributed by atoms with Gasteiger partial charge in [-0.1, -0.05) is 0 Å². The third-order valence-electron chi connectivity index (χ3n) is 2.61. The minimum atomic E-state index is -0.471. The van der Waals surface area contributed by atoms with E-state index in [1.807, 2.05) is 5.38 Å². The summed E-state index contributed by atoms with van der Waals surface area (Å²) >= 11 is 1.67. The quantitative estimate of drug-likeness (QED) is 0.819. The zero-order valence-corrected chi connectivity index (χ0v) is 11.4. The second-order valence-corrected chi connectivity index (χ2v) is 4.71. The van der Waals surface area contributed by atoms with Crippen LogP contribution in [-0.4, -0.2) is 24.6 Å². The summed E-state index contributed by atoms with van der Waals surface area (Å²) in [4.78, 5) is 15.5. The average molecular weight is 277 g/mol. The first kappa shape index (κ1) is 13.4. The fourth-order valence-corrected chi connectivity index (χ4v) is 2.29. The molecule has 2 heterocycles. The molecule has 0 fully saturated rings. The van der Waals surface area contributed by atoms with Crippen LogP contribution >= 0.6 is 11.3 Å². The summed E-state index contributed by atoms with van der Waals surface area (Å²) in [5, 5.41) is 7.27. The Morgan fingerprint density at radius 2 is 2.32 bits per heavy atom. The number of rotatable bonds is 5. The fourth-order valence-electron chi connectivity index (χ4n) is 1.59. The Bertz CT molecular complexity index is 555. The number of aromatic nitrogens is 1. The maximum Gasteiger partial charge on any atom is 0.356 e. The van der Waals surface area contributed by atoms with Crippen LogP contribution in [0.4, 0.5) is 11.5 Å². The topological polar surface area (TPSA) is 77.2 Å². The maximum atomic E-state index is 11.4. The van der Waals surface area contributed by atoms with E-state index in [-0.39, 0.29) is 5.69 Å².